The van der Waals surface area contributed by atoms with Gasteiger partial charge in [0.1, 0.15) is 0 Å². The summed E-state index contributed by atoms with van der Waals surface area (Å²) in [5.74, 6) is 0. The van der Waals surface area contributed by atoms with E-state index in [1.165, 1.54) is 6.20 Å². The van der Waals surface area contributed by atoms with E-state index < -0.39 is 0 Å². The maximum atomic E-state index is 5.27. The van der Waals surface area contributed by atoms with E-state index >= 15 is 0 Å². The van der Waals surface area contributed by atoms with Crippen molar-refractivity contribution in [2.75, 3.05) is 0 Å². The van der Waals surface area contributed by atoms with Crippen LogP contribution in [0.5, 0.6) is 0 Å². The third-order valence-corrected chi connectivity index (χ3v) is 1.37. The highest BCUT2D eigenvalue weighted by atomic mass is 14.6. The molecule has 0 radical (unpaired) electrons. The Morgan fingerprint density at radius 1 is 1.45 bits per heavy atom. The van der Waals surface area contributed by atoms with Gasteiger partial charge >= 0.3 is 0 Å². The van der Waals surface area contributed by atoms with Gasteiger partial charge in [0.05, 0.1) is 0 Å². The van der Waals surface area contributed by atoms with Crippen LogP contribution >= 0.6 is 0 Å². The number of rotatable bonds is 2. The Kier molecular flexibility index (Phi) is 3.58. The first-order valence-corrected chi connectivity index (χ1v) is 3.57. The van der Waals surface area contributed by atoms with Crippen LogP contribution in [0, 0.1) is 5.41 Å². The molecule has 2 N–H and O–H groups in total. The molecule has 0 bridgehead atoms. The highest BCUT2D eigenvalue weighted by Gasteiger charge is 2.13. The van der Waals surface area contributed by atoms with Crippen LogP contribution in [0.2, 0.25) is 0 Å². The van der Waals surface area contributed by atoms with Gasteiger partial charge in [-0.2, -0.15) is 0 Å². The van der Waals surface area contributed by atoms with Crippen LogP contribution in [0.3, 0.4) is 0 Å². The van der Waals surface area contributed by atoms with Gasteiger partial charge in [0.2, 0.25) is 0 Å². The zero-order valence-electron chi connectivity index (χ0n) is 7.46. The quantitative estimate of drug-likeness (QED) is 0.477. The van der Waals surface area contributed by atoms with E-state index in [0.29, 0.717) is 0 Å². The van der Waals surface area contributed by atoms with Gasteiger partial charge in [0, 0.05) is 6.20 Å². The third-order valence-electron chi connectivity index (χ3n) is 1.37. The molecule has 0 amide bonds. The first kappa shape index (κ1) is 9.95. The van der Waals surface area contributed by atoms with Gasteiger partial charge in [0.15, 0.2) is 0 Å². The van der Waals surface area contributed by atoms with Crippen LogP contribution in [0.25, 0.3) is 0 Å². The van der Waals surface area contributed by atoms with Crippen molar-refractivity contribution in [3.8, 4) is 0 Å². The van der Waals surface area contributed by atoms with E-state index in [9.17, 15) is 0 Å². The van der Waals surface area contributed by atoms with E-state index in [4.69, 9.17) is 5.73 Å². The molecule has 2 heteroatoms. The number of allylic oxidation sites excluding steroid dienone is 2. The standard InChI is InChI=1S/C9H16N2/c1-9(2,3)8(5-6-10)7-11-4/h5-7H,4,10H2,1-3H3/b6-5-,8-7+. The summed E-state index contributed by atoms with van der Waals surface area (Å²) >= 11 is 0. The molecule has 0 saturated carbocycles. The summed E-state index contributed by atoms with van der Waals surface area (Å²) in [6.45, 7) is 9.70. The monoisotopic (exact) mass is 152 g/mol. The molecule has 0 aromatic rings. The Morgan fingerprint density at radius 3 is 2.27 bits per heavy atom. The summed E-state index contributed by atoms with van der Waals surface area (Å²) in [7, 11) is 0. The van der Waals surface area contributed by atoms with Crippen molar-refractivity contribution in [2.45, 2.75) is 20.8 Å². The lowest BCUT2D eigenvalue weighted by atomic mass is 9.87. The van der Waals surface area contributed by atoms with Crippen molar-refractivity contribution in [3.63, 3.8) is 0 Å². The molecule has 2 nitrogen and oxygen atoms in total. The summed E-state index contributed by atoms with van der Waals surface area (Å²) in [5.41, 5.74) is 6.43. The number of hydrogen-bond donors (Lipinski definition) is 1. The Hall–Kier alpha value is -1.05. The van der Waals surface area contributed by atoms with Crippen molar-refractivity contribution in [3.05, 3.63) is 24.0 Å². The highest BCUT2D eigenvalue weighted by molar-refractivity contribution is 5.30. The van der Waals surface area contributed by atoms with Crippen molar-refractivity contribution in [1.29, 1.82) is 0 Å². The second-order valence-electron chi connectivity index (χ2n) is 3.38. The van der Waals surface area contributed by atoms with Crippen molar-refractivity contribution < 1.29 is 0 Å². The summed E-state index contributed by atoms with van der Waals surface area (Å²) in [6, 6.07) is 0. The maximum absolute atomic E-state index is 5.27. The summed E-state index contributed by atoms with van der Waals surface area (Å²) in [4.78, 5) is 3.70. The second kappa shape index (κ2) is 3.96. The van der Waals surface area contributed by atoms with Gasteiger partial charge in [0.25, 0.3) is 0 Å². The average Bonchev–Trinajstić information content (AvgIpc) is 1.85. The predicted molar refractivity (Wildman–Crippen MR) is 50.4 cm³/mol. The zero-order chi connectivity index (χ0) is 8.91. The summed E-state index contributed by atoms with van der Waals surface area (Å²) in [6.07, 6.45) is 5.08. The Morgan fingerprint density at radius 2 is 2.00 bits per heavy atom. The second-order valence-corrected chi connectivity index (χ2v) is 3.38. The largest absolute Gasteiger partial charge is 0.405 e. The van der Waals surface area contributed by atoms with Gasteiger partial charge in [-0.25, -0.2) is 0 Å². The smallest absolute Gasteiger partial charge is 0.0298 e. The van der Waals surface area contributed by atoms with Crippen molar-refractivity contribution >= 4 is 6.72 Å². The minimum absolute atomic E-state index is 0.0804. The van der Waals surface area contributed by atoms with Crippen molar-refractivity contribution in [2.24, 2.45) is 16.1 Å². The van der Waals surface area contributed by atoms with Crippen molar-refractivity contribution in [1.82, 2.24) is 0 Å². The maximum Gasteiger partial charge on any atom is 0.0298 e. The van der Waals surface area contributed by atoms with Crippen LogP contribution in [0.1, 0.15) is 20.8 Å². The van der Waals surface area contributed by atoms with Crippen LogP contribution in [-0.2, 0) is 0 Å². The van der Waals surface area contributed by atoms with Gasteiger partial charge in [-0.15, -0.1) is 0 Å². The molecule has 0 unspecified atom stereocenters. The molecule has 0 aliphatic heterocycles. The Labute approximate surface area is 68.5 Å². The number of aliphatic imine (C=N–C) groups is 1. The highest BCUT2D eigenvalue weighted by Crippen LogP contribution is 2.25. The molecule has 0 aliphatic rings. The summed E-state index contributed by atoms with van der Waals surface area (Å²) < 4.78 is 0. The zero-order valence-corrected chi connectivity index (χ0v) is 7.46. The molecule has 62 valence electrons. The predicted octanol–water partition coefficient (Wildman–Crippen LogP) is 2.09. The average molecular weight is 152 g/mol. The molecular formula is C9H16N2. The number of nitrogens with two attached hydrogens (primary N) is 1. The fraction of sp³-hybridized carbons (Fsp3) is 0.444. The Bertz CT molecular complexity index is 182. The molecule has 0 aliphatic carbocycles. The lowest BCUT2D eigenvalue weighted by Gasteiger charge is -2.18. The number of hydrogen-bond acceptors (Lipinski definition) is 2. The molecule has 0 spiro atoms. The van der Waals surface area contributed by atoms with E-state index in [-0.39, 0.29) is 5.41 Å². The van der Waals surface area contributed by atoms with Crippen LogP contribution in [-0.4, -0.2) is 6.72 Å². The van der Waals surface area contributed by atoms with E-state index in [1.807, 2.05) is 6.08 Å². The molecule has 0 rings (SSSR count). The number of nitrogens with zero attached hydrogens (tertiary/aromatic N) is 1. The van der Waals surface area contributed by atoms with Gasteiger partial charge < -0.3 is 5.73 Å². The Balaban J connectivity index is 4.61. The fourth-order valence-corrected chi connectivity index (χ4v) is 0.689. The molecule has 0 aromatic heterocycles. The molecule has 11 heavy (non-hydrogen) atoms. The minimum atomic E-state index is 0.0804. The van der Waals surface area contributed by atoms with E-state index in [0.717, 1.165) is 5.57 Å². The molecular weight excluding hydrogens is 136 g/mol. The van der Waals surface area contributed by atoms with Crippen LogP contribution in [0.4, 0.5) is 0 Å². The first-order chi connectivity index (χ1) is 5.02. The minimum Gasteiger partial charge on any atom is -0.405 e. The van der Waals surface area contributed by atoms with E-state index in [1.54, 1.807) is 6.20 Å². The molecule has 0 aromatic carbocycles. The fourth-order valence-electron chi connectivity index (χ4n) is 0.689. The van der Waals surface area contributed by atoms with Crippen LogP contribution < -0.4 is 5.73 Å². The molecule has 0 saturated heterocycles. The van der Waals surface area contributed by atoms with Gasteiger partial charge in [-0.3, -0.25) is 4.99 Å². The summed E-state index contributed by atoms with van der Waals surface area (Å²) in [5, 5.41) is 0. The molecule has 0 fully saturated rings. The topological polar surface area (TPSA) is 38.4 Å². The SMILES string of the molecule is C=N/C=C(\C=C/N)C(C)(C)C. The van der Waals surface area contributed by atoms with E-state index in [2.05, 4.69) is 32.5 Å². The molecule has 0 atom stereocenters. The van der Waals surface area contributed by atoms with Gasteiger partial charge in [-0.05, 0) is 30.0 Å². The normalized spacial score (nSPS) is 13.9. The molecule has 0 heterocycles. The lowest BCUT2D eigenvalue weighted by Crippen LogP contribution is -2.07. The first-order valence-electron chi connectivity index (χ1n) is 3.57. The van der Waals surface area contributed by atoms with Crippen LogP contribution in [0.15, 0.2) is 29.0 Å². The third kappa shape index (κ3) is 3.61. The van der Waals surface area contributed by atoms with Gasteiger partial charge in [-0.1, -0.05) is 20.8 Å². The lowest BCUT2D eigenvalue weighted by molar-refractivity contribution is 0.515.